The van der Waals surface area contributed by atoms with Crippen LogP contribution in [0.25, 0.3) is 22.6 Å². The van der Waals surface area contributed by atoms with Crippen molar-refractivity contribution in [3.05, 3.63) is 70.8 Å². The maximum Gasteiger partial charge on any atom is 0.266 e. The van der Waals surface area contributed by atoms with Gasteiger partial charge < -0.3 is 14.0 Å². The second kappa shape index (κ2) is 8.27. The normalized spacial score (nSPS) is 12.3. The Morgan fingerprint density at radius 1 is 1.00 bits per heavy atom. The largest absolute Gasteiger partial charge is 0.454 e. The fourth-order valence-electron chi connectivity index (χ4n) is 3.23. The maximum atomic E-state index is 12.3. The molecule has 31 heavy (non-hydrogen) atoms. The minimum Gasteiger partial charge on any atom is -0.454 e. The first kappa shape index (κ1) is 19.4. The van der Waals surface area contributed by atoms with Crippen molar-refractivity contribution >= 4 is 11.8 Å². The fourth-order valence-corrected chi connectivity index (χ4v) is 3.64. The summed E-state index contributed by atoms with van der Waals surface area (Å²) in [4.78, 5) is 17.9. The Balaban J connectivity index is 1.32. The molecule has 4 aromatic rings. The average Bonchev–Trinajstić information content (AvgIpc) is 3.48. The molecule has 0 N–H and O–H groups in total. The third kappa shape index (κ3) is 4.04. The van der Waals surface area contributed by atoms with Crippen molar-refractivity contribution in [3.63, 3.8) is 0 Å². The first-order chi connectivity index (χ1) is 15.2. The molecule has 1 aliphatic heterocycles. The van der Waals surface area contributed by atoms with Crippen LogP contribution in [0.5, 0.6) is 11.5 Å². The van der Waals surface area contributed by atoms with Gasteiger partial charge >= 0.3 is 0 Å². The zero-order chi connectivity index (χ0) is 21.2. The molecule has 0 amide bonds. The fraction of sp³-hybridized carbons (Fsp3) is 0.182. The molecule has 0 aliphatic carbocycles. The summed E-state index contributed by atoms with van der Waals surface area (Å²) in [6.07, 6.45) is 2.42. The van der Waals surface area contributed by atoms with Gasteiger partial charge in [0.25, 0.3) is 5.56 Å². The van der Waals surface area contributed by atoms with Crippen LogP contribution in [0.2, 0.25) is 0 Å². The molecule has 2 aromatic heterocycles. The molecule has 8 nitrogen and oxygen atoms in total. The number of nitrogens with zero attached hydrogens (tertiary/aromatic N) is 4. The van der Waals surface area contributed by atoms with Gasteiger partial charge in [-0.25, -0.2) is 4.68 Å². The summed E-state index contributed by atoms with van der Waals surface area (Å²) in [7, 11) is 0. The molecular formula is C22H18N4O4S. The summed E-state index contributed by atoms with van der Waals surface area (Å²) in [5, 5.41) is 8.53. The topological polar surface area (TPSA) is 92.3 Å². The summed E-state index contributed by atoms with van der Waals surface area (Å²) in [6.45, 7) is 0.532. The molecule has 0 fully saturated rings. The lowest BCUT2D eigenvalue weighted by Crippen LogP contribution is -2.23. The number of rotatable bonds is 6. The second-order valence-electron chi connectivity index (χ2n) is 6.84. The lowest BCUT2D eigenvalue weighted by atomic mass is 10.1. The van der Waals surface area contributed by atoms with Crippen molar-refractivity contribution in [2.75, 3.05) is 13.0 Å². The van der Waals surface area contributed by atoms with Crippen LogP contribution in [0.4, 0.5) is 0 Å². The van der Waals surface area contributed by atoms with E-state index in [1.165, 1.54) is 15.6 Å². The van der Waals surface area contributed by atoms with E-state index in [9.17, 15) is 4.79 Å². The summed E-state index contributed by atoms with van der Waals surface area (Å²) >= 11 is 1.67. The predicted octanol–water partition coefficient (Wildman–Crippen LogP) is 3.65. The smallest absolute Gasteiger partial charge is 0.266 e. The molecule has 9 heteroatoms. The van der Waals surface area contributed by atoms with Crippen molar-refractivity contribution in [2.45, 2.75) is 17.9 Å². The predicted molar refractivity (Wildman–Crippen MR) is 115 cm³/mol. The number of ether oxygens (including phenoxy) is 2. The number of fused-ring (bicyclic) bond motifs is 1. The van der Waals surface area contributed by atoms with Gasteiger partial charge in [0.2, 0.25) is 18.5 Å². The SMILES string of the molecule is CSc1ccc(-c2noc(CCn3nc(-c4ccc5c(c4)OCO5)ccc3=O)n2)cc1. The van der Waals surface area contributed by atoms with Crippen molar-refractivity contribution < 1.29 is 14.0 Å². The average molecular weight is 434 g/mol. The third-order valence-electron chi connectivity index (χ3n) is 4.89. The van der Waals surface area contributed by atoms with Gasteiger partial charge in [-0.2, -0.15) is 10.1 Å². The van der Waals surface area contributed by atoms with Crippen LogP contribution < -0.4 is 15.0 Å². The molecule has 0 spiro atoms. The number of hydrogen-bond acceptors (Lipinski definition) is 8. The van der Waals surface area contributed by atoms with E-state index in [2.05, 4.69) is 15.2 Å². The minimum absolute atomic E-state index is 0.197. The van der Waals surface area contributed by atoms with Crippen molar-refractivity contribution in [1.29, 1.82) is 0 Å². The highest BCUT2D eigenvalue weighted by Gasteiger charge is 2.15. The van der Waals surface area contributed by atoms with Gasteiger partial charge in [-0.05, 0) is 54.8 Å². The first-order valence-electron chi connectivity index (χ1n) is 9.65. The molecule has 0 saturated heterocycles. The number of aryl methyl sites for hydroxylation is 2. The Morgan fingerprint density at radius 3 is 2.65 bits per heavy atom. The Bertz CT molecular complexity index is 1280. The highest BCUT2D eigenvalue weighted by atomic mass is 32.2. The summed E-state index contributed by atoms with van der Waals surface area (Å²) in [5.74, 6) is 2.34. The third-order valence-corrected chi connectivity index (χ3v) is 5.63. The summed E-state index contributed by atoms with van der Waals surface area (Å²) in [5.41, 5.74) is 2.19. The minimum atomic E-state index is -0.197. The Morgan fingerprint density at radius 2 is 1.81 bits per heavy atom. The van der Waals surface area contributed by atoms with Crippen molar-refractivity contribution in [1.82, 2.24) is 19.9 Å². The highest BCUT2D eigenvalue weighted by Crippen LogP contribution is 2.35. The van der Waals surface area contributed by atoms with Crippen LogP contribution in [-0.2, 0) is 13.0 Å². The number of hydrogen-bond donors (Lipinski definition) is 0. The van der Waals surface area contributed by atoms with E-state index >= 15 is 0 Å². The number of thioether (sulfide) groups is 1. The van der Waals surface area contributed by atoms with Crippen LogP contribution in [0.15, 0.2) is 68.8 Å². The van der Waals surface area contributed by atoms with Gasteiger partial charge in [0.05, 0.1) is 12.2 Å². The molecule has 0 atom stereocenters. The van der Waals surface area contributed by atoms with Crippen LogP contribution in [-0.4, -0.2) is 33.0 Å². The van der Waals surface area contributed by atoms with Gasteiger partial charge in [-0.15, -0.1) is 11.8 Å². The zero-order valence-corrected chi connectivity index (χ0v) is 17.5. The Hall–Kier alpha value is -3.59. The van der Waals surface area contributed by atoms with Gasteiger partial charge in [0, 0.05) is 28.5 Å². The second-order valence-corrected chi connectivity index (χ2v) is 7.72. The molecule has 3 heterocycles. The van der Waals surface area contributed by atoms with E-state index < -0.39 is 0 Å². The van der Waals surface area contributed by atoms with Gasteiger partial charge in [0.1, 0.15) is 0 Å². The van der Waals surface area contributed by atoms with Gasteiger partial charge in [-0.3, -0.25) is 4.79 Å². The van der Waals surface area contributed by atoms with Crippen LogP contribution in [0.3, 0.4) is 0 Å². The molecule has 0 bridgehead atoms. The number of benzene rings is 2. The standard InChI is InChI=1S/C22H18N4O4S/c1-31-16-5-2-14(3-6-16)22-23-20(30-25-22)10-11-26-21(27)9-7-17(24-26)15-4-8-18-19(12-15)29-13-28-18/h2-9,12H,10-11,13H2,1H3. The molecule has 0 unspecified atom stereocenters. The van der Waals surface area contributed by atoms with E-state index in [4.69, 9.17) is 14.0 Å². The number of aromatic nitrogens is 4. The zero-order valence-electron chi connectivity index (χ0n) is 16.6. The molecule has 5 rings (SSSR count). The quantitative estimate of drug-likeness (QED) is 0.425. The Kier molecular flexibility index (Phi) is 5.17. The molecule has 0 radical (unpaired) electrons. The first-order valence-corrected chi connectivity index (χ1v) is 10.9. The molecule has 156 valence electrons. The summed E-state index contributed by atoms with van der Waals surface area (Å²) < 4.78 is 17.5. The van der Waals surface area contributed by atoms with Gasteiger partial charge in [0.15, 0.2) is 11.5 Å². The lowest BCUT2D eigenvalue weighted by molar-refractivity contribution is 0.174. The van der Waals surface area contributed by atoms with Crippen molar-refractivity contribution in [3.8, 4) is 34.1 Å². The van der Waals surface area contributed by atoms with Crippen molar-refractivity contribution in [2.24, 2.45) is 0 Å². The van der Waals surface area contributed by atoms with E-state index in [0.717, 1.165) is 11.1 Å². The molecule has 0 saturated carbocycles. The van der Waals surface area contributed by atoms with Crippen LogP contribution in [0, 0.1) is 0 Å². The van der Waals surface area contributed by atoms with Crippen LogP contribution >= 0.6 is 11.8 Å². The highest BCUT2D eigenvalue weighted by molar-refractivity contribution is 7.98. The van der Waals surface area contributed by atoms with Gasteiger partial charge in [-0.1, -0.05) is 5.16 Å². The Labute approximate surface area is 181 Å². The maximum absolute atomic E-state index is 12.3. The van der Waals surface area contributed by atoms with E-state index in [1.54, 1.807) is 17.8 Å². The van der Waals surface area contributed by atoms with E-state index in [0.29, 0.717) is 41.9 Å². The molecule has 1 aliphatic rings. The molecular weight excluding hydrogens is 416 g/mol. The van der Waals surface area contributed by atoms with E-state index in [-0.39, 0.29) is 12.4 Å². The van der Waals surface area contributed by atoms with Crippen LogP contribution in [0.1, 0.15) is 5.89 Å². The monoisotopic (exact) mass is 434 g/mol. The van der Waals surface area contributed by atoms with E-state index in [1.807, 2.05) is 48.7 Å². The molecule has 2 aromatic carbocycles. The summed E-state index contributed by atoms with van der Waals surface area (Å²) in [6, 6.07) is 16.7. The lowest BCUT2D eigenvalue weighted by Gasteiger charge is -2.06.